The fourth-order valence-corrected chi connectivity index (χ4v) is 3.82. The molecule has 0 amide bonds. The lowest BCUT2D eigenvalue weighted by molar-refractivity contribution is -0.373. The Morgan fingerprint density at radius 2 is 2.11 bits per heavy atom. The number of aromatic amines is 1. The van der Waals surface area contributed by atoms with E-state index in [1.807, 2.05) is 18.2 Å². The average Bonchev–Trinajstić information content (AvgIpc) is 3.08. The Morgan fingerprint density at radius 3 is 2.74 bits per heavy atom. The van der Waals surface area contributed by atoms with Crippen LogP contribution in [0.5, 0.6) is 0 Å². The van der Waals surface area contributed by atoms with E-state index in [0.29, 0.717) is 0 Å². The number of nitrogens with zero attached hydrogens (tertiary/aromatic N) is 1. The molecule has 1 heterocycles. The highest BCUT2D eigenvalue weighted by atomic mass is 32.1. The summed E-state index contributed by atoms with van der Waals surface area (Å²) < 4.78 is 0. The van der Waals surface area contributed by atoms with Crippen LogP contribution in [-0.2, 0) is 5.41 Å². The molecule has 0 atom stereocenters. The highest BCUT2D eigenvalue weighted by molar-refractivity contribution is 7.13. The van der Waals surface area contributed by atoms with Crippen LogP contribution in [0.1, 0.15) is 42.5 Å². The largest absolute Gasteiger partial charge is 0.329 e. The van der Waals surface area contributed by atoms with E-state index >= 15 is 0 Å². The molecule has 0 bridgehead atoms. The Labute approximate surface area is 116 Å². The van der Waals surface area contributed by atoms with Gasteiger partial charge in [-0.3, -0.25) is 5.73 Å². The predicted octanol–water partition coefficient (Wildman–Crippen LogP) is 2.88. The quantitative estimate of drug-likeness (QED) is 0.912. The molecule has 0 unspecified atom stereocenters. The molecule has 1 saturated carbocycles. The molecule has 3 nitrogen and oxygen atoms in total. The number of nitriles is 1. The summed E-state index contributed by atoms with van der Waals surface area (Å²) in [6.45, 7) is 0. The van der Waals surface area contributed by atoms with Gasteiger partial charge in [-0.25, -0.2) is 4.98 Å². The monoisotopic (exact) mass is 270 g/mol. The molecule has 1 aliphatic carbocycles. The standard InChI is InChI=1S/C15H15N3S/c16-9-11-4-3-5-12(8-11)15(6-1-2-7-15)13-10-19-14(17)18-13/h3-5,8,10H,1-2,6-7H2,(H2,17,18)/p+1. The van der Waals surface area contributed by atoms with Gasteiger partial charge in [0, 0.05) is 5.38 Å². The van der Waals surface area contributed by atoms with Gasteiger partial charge in [0.1, 0.15) is 5.69 Å². The van der Waals surface area contributed by atoms with Crippen molar-refractivity contribution in [2.45, 2.75) is 31.1 Å². The highest BCUT2D eigenvalue weighted by Gasteiger charge is 2.41. The van der Waals surface area contributed by atoms with E-state index in [0.717, 1.165) is 23.5 Å². The zero-order chi connectivity index (χ0) is 13.3. The first-order chi connectivity index (χ1) is 9.24. The third-order valence-corrected chi connectivity index (χ3v) is 4.79. The number of hydrogen-bond acceptors (Lipinski definition) is 3. The van der Waals surface area contributed by atoms with Crippen molar-refractivity contribution in [3.8, 4) is 6.07 Å². The molecule has 0 aliphatic heterocycles. The number of aromatic nitrogens is 1. The molecule has 0 radical (unpaired) electrons. The summed E-state index contributed by atoms with van der Waals surface area (Å²) >= 11 is 1.55. The number of anilines is 1. The van der Waals surface area contributed by atoms with E-state index in [1.54, 1.807) is 11.3 Å². The first-order valence-corrected chi connectivity index (χ1v) is 7.40. The Kier molecular flexibility index (Phi) is 3.00. The van der Waals surface area contributed by atoms with E-state index in [2.05, 4.69) is 22.5 Å². The van der Waals surface area contributed by atoms with E-state index < -0.39 is 0 Å². The second kappa shape index (κ2) is 4.67. The number of hydrogen-bond donors (Lipinski definition) is 1. The van der Waals surface area contributed by atoms with Crippen LogP contribution in [0.3, 0.4) is 0 Å². The number of nitrogen functional groups attached to an aromatic ring is 1. The van der Waals surface area contributed by atoms with Crippen molar-refractivity contribution in [1.29, 1.82) is 5.26 Å². The van der Waals surface area contributed by atoms with Crippen molar-refractivity contribution >= 4 is 16.5 Å². The highest BCUT2D eigenvalue weighted by Crippen LogP contribution is 2.45. The predicted molar refractivity (Wildman–Crippen MR) is 75.7 cm³/mol. The van der Waals surface area contributed by atoms with Gasteiger partial charge in [-0.1, -0.05) is 36.3 Å². The number of rotatable bonds is 2. The SMILES string of the molecule is N#Cc1cccc(C2(c3csc(N)[nH+]3)CCCC2)c1. The molecular weight excluding hydrogens is 254 g/mol. The maximum Gasteiger partial charge on any atom is 0.329 e. The number of thiazole rings is 1. The summed E-state index contributed by atoms with van der Waals surface area (Å²) in [4.78, 5) is 3.31. The second-order valence-corrected chi connectivity index (χ2v) is 6.03. The summed E-state index contributed by atoms with van der Waals surface area (Å²) in [6, 6.07) is 10.2. The van der Waals surface area contributed by atoms with Crippen LogP contribution in [-0.4, -0.2) is 0 Å². The van der Waals surface area contributed by atoms with Gasteiger partial charge < -0.3 is 0 Å². The van der Waals surface area contributed by atoms with Crippen LogP contribution >= 0.6 is 11.3 Å². The minimum absolute atomic E-state index is 0.0149. The normalized spacial score (nSPS) is 17.2. The molecule has 0 spiro atoms. The second-order valence-electron chi connectivity index (χ2n) is 5.12. The van der Waals surface area contributed by atoms with Gasteiger partial charge in [-0.2, -0.15) is 5.26 Å². The lowest BCUT2D eigenvalue weighted by Crippen LogP contribution is -2.30. The van der Waals surface area contributed by atoms with Crippen molar-refractivity contribution in [3.63, 3.8) is 0 Å². The molecule has 3 N–H and O–H groups in total. The molecule has 2 aromatic rings. The molecular formula is C15H16N3S+. The molecule has 3 rings (SSSR count). The number of nitrogens with two attached hydrogens (primary N) is 1. The van der Waals surface area contributed by atoms with Crippen molar-refractivity contribution in [2.24, 2.45) is 0 Å². The van der Waals surface area contributed by atoms with Gasteiger partial charge in [0.15, 0.2) is 0 Å². The van der Waals surface area contributed by atoms with Gasteiger partial charge in [0.05, 0.1) is 17.0 Å². The Balaban J connectivity index is 2.13. The maximum absolute atomic E-state index is 9.09. The zero-order valence-electron chi connectivity index (χ0n) is 10.6. The summed E-state index contributed by atoms with van der Waals surface area (Å²) in [5.74, 6) is 0. The fourth-order valence-electron chi connectivity index (χ4n) is 3.12. The molecule has 1 aromatic heterocycles. The summed E-state index contributed by atoms with van der Waals surface area (Å²) in [5.41, 5.74) is 9.02. The van der Waals surface area contributed by atoms with Crippen LogP contribution in [0.25, 0.3) is 0 Å². The van der Waals surface area contributed by atoms with Gasteiger partial charge in [-0.15, -0.1) is 0 Å². The molecule has 96 valence electrons. The van der Waals surface area contributed by atoms with Gasteiger partial charge in [-0.05, 0) is 30.5 Å². The molecule has 0 saturated heterocycles. The third-order valence-electron chi connectivity index (χ3n) is 4.08. The lowest BCUT2D eigenvalue weighted by atomic mass is 9.76. The van der Waals surface area contributed by atoms with E-state index in [-0.39, 0.29) is 5.41 Å². The fraction of sp³-hybridized carbons (Fsp3) is 0.333. The molecule has 19 heavy (non-hydrogen) atoms. The Bertz CT molecular complexity index is 633. The van der Waals surface area contributed by atoms with E-state index in [1.165, 1.54) is 24.1 Å². The first-order valence-electron chi connectivity index (χ1n) is 6.52. The average molecular weight is 270 g/mol. The van der Waals surface area contributed by atoms with Gasteiger partial charge >= 0.3 is 5.13 Å². The number of H-pyrrole nitrogens is 1. The van der Waals surface area contributed by atoms with Crippen LogP contribution in [0.15, 0.2) is 29.6 Å². The van der Waals surface area contributed by atoms with Crippen LogP contribution in [0.2, 0.25) is 0 Å². The third kappa shape index (κ3) is 2.00. The van der Waals surface area contributed by atoms with Crippen molar-refractivity contribution in [3.05, 3.63) is 46.5 Å². The van der Waals surface area contributed by atoms with Crippen molar-refractivity contribution in [2.75, 3.05) is 5.73 Å². The number of nitrogens with one attached hydrogen (secondary N) is 1. The lowest BCUT2D eigenvalue weighted by Gasteiger charge is -2.26. The maximum atomic E-state index is 9.09. The molecule has 1 aromatic carbocycles. The van der Waals surface area contributed by atoms with Crippen LogP contribution < -0.4 is 10.7 Å². The molecule has 4 heteroatoms. The van der Waals surface area contributed by atoms with Gasteiger partial charge in [0.2, 0.25) is 0 Å². The summed E-state index contributed by atoms with van der Waals surface area (Å²) in [6.07, 6.45) is 4.68. The van der Waals surface area contributed by atoms with Crippen LogP contribution in [0.4, 0.5) is 5.13 Å². The topological polar surface area (TPSA) is 64.0 Å². The minimum atomic E-state index is 0.0149. The van der Waals surface area contributed by atoms with E-state index in [9.17, 15) is 0 Å². The number of benzene rings is 1. The van der Waals surface area contributed by atoms with Gasteiger partial charge in [0.25, 0.3) is 0 Å². The zero-order valence-corrected chi connectivity index (χ0v) is 11.5. The minimum Gasteiger partial charge on any atom is -0.278 e. The Morgan fingerprint density at radius 1 is 1.32 bits per heavy atom. The first kappa shape index (κ1) is 12.2. The smallest absolute Gasteiger partial charge is 0.278 e. The van der Waals surface area contributed by atoms with Crippen molar-refractivity contribution < 1.29 is 4.98 Å². The van der Waals surface area contributed by atoms with Crippen LogP contribution in [0, 0.1) is 11.3 Å². The molecule has 1 aliphatic rings. The van der Waals surface area contributed by atoms with Crippen molar-refractivity contribution in [1.82, 2.24) is 0 Å². The molecule has 1 fully saturated rings. The Hall–Kier alpha value is -1.86. The van der Waals surface area contributed by atoms with E-state index in [4.69, 9.17) is 11.0 Å². The summed E-state index contributed by atoms with van der Waals surface area (Å²) in [7, 11) is 0. The summed E-state index contributed by atoms with van der Waals surface area (Å²) in [5, 5.41) is 12.0.